The molecular weight excluding hydrogens is 241 g/mol. The third kappa shape index (κ3) is 9.29. The summed E-state index contributed by atoms with van der Waals surface area (Å²) >= 11 is 0. The molecule has 0 heterocycles. The molecule has 0 aliphatic rings. The molecule has 0 aromatic rings. The van der Waals surface area contributed by atoms with Crippen LogP contribution in [-0.2, 0) is 0 Å². The maximum Gasteiger partial charge on any atom is 0.401 e. The molecule has 0 atom stereocenters. The van der Waals surface area contributed by atoms with Crippen LogP contribution in [0.4, 0.5) is 13.2 Å². The summed E-state index contributed by atoms with van der Waals surface area (Å²) < 4.78 is 36.9. The molecule has 0 rings (SSSR count). The van der Waals surface area contributed by atoms with Crippen molar-refractivity contribution in [1.82, 2.24) is 4.90 Å². The molecule has 0 saturated carbocycles. The minimum Gasteiger partial charge on any atom is -0.295 e. The summed E-state index contributed by atoms with van der Waals surface area (Å²) in [6, 6.07) is 2.20. The van der Waals surface area contributed by atoms with E-state index in [2.05, 4.69) is 6.07 Å². The molecule has 0 aromatic heterocycles. The van der Waals surface area contributed by atoms with E-state index in [1.165, 1.54) is 4.90 Å². The highest BCUT2D eigenvalue weighted by molar-refractivity contribution is 4.91. The van der Waals surface area contributed by atoms with Crippen molar-refractivity contribution in [3.63, 3.8) is 0 Å². The lowest BCUT2D eigenvalue weighted by molar-refractivity contribution is -0.146. The zero-order valence-electron chi connectivity index (χ0n) is 11.5. The molecule has 18 heavy (non-hydrogen) atoms. The van der Waals surface area contributed by atoms with Gasteiger partial charge in [0.1, 0.15) is 0 Å². The molecule has 0 aliphatic heterocycles. The van der Waals surface area contributed by atoms with Crippen LogP contribution in [0.15, 0.2) is 0 Å². The first-order chi connectivity index (χ1) is 8.20. The van der Waals surface area contributed by atoms with E-state index in [4.69, 9.17) is 5.26 Å². The lowest BCUT2D eigenvalue weighted by Crippen LogP contribution is -2.35. The average molecular weight is 264 g/mol. The fraction of sp³-hybridized carbons (Fsp3) is 0.923. The van der Waals surface area contributed by atoms with Crippen molar-refractivity contribution in [2.45, 2.75) is 52.6 Å². The van der Waals surface area contributed by atoms with Gasteiger partial charge in [-0.15, -0.1) is 0 Å². The van der Waals surface area contributed by atoms with Crippen LogP contribution in [0, 0.1) is 16.7 Å². The molecule has 2 nitrogen and oxygen atoms in total. The molecule has 0 amide bonds. The molecule has 106 valence electrons. The predicted octanol–water partition coefficient (Wildman–Crippen LogP) is 3.98. The Morgan fingerprint density at radius 1 is 1.11 bits per heavy atom. The van der Waals surface area contributed by atoms with Crippen LogP contribution < -0.4 is 0 Å². The van der Waals surface area contributed by atoms with Gasteiger partial charge >= 0.3 is 6.18 Å². The fourth-order valence-corrected chi connectivity index (χ4v) is 1.80. The van der Waals surface area contributed by atoms with Gasteiger partial charge in [-0.3, -0.25) is 4.90 Å². The SMILES string of the molecule is CCCN(CCCCC(C)(C)C#N)CC(F)(F)F. The van der Waals surface area contributed by atoms with Crippen molar-refractivity contribution in [1.29, 1.82) is 5.26 Å². The van der Waals surface area contributed by atoms with E-state index in [1.54, 1.807) is 0 Å². The van der Waals surface area contributed by atoms with Gasteiger partial charge in [0.25, 0.3) is 0 Å². The van der Waals surface area contributed by atoms with Crippen molar-refractivity contribution in [3.05, 3.63) is 0 Å². The van der Waals surface area contributed by atoms with Crippen LogP contribution in [0.1, 0.15) is 46.5 Å². The van der Waals surface area contributed by atoms with Crippen molar-refractivity contribution < 1.29 is 13.2 Å². The number of hydrogen-bond acceptors (Lipinski definition) is 2. The summed E-state index contributed by atoms with van der Waals surface area (Å²) in [5, 5.41) is 8.83. The topological polar surface area (TPSA) is 27.0 Å². The monoisotopic (exact) mass is 264 g/mol. The van der Waals surface area contributed by atoms with Crippen LogP contribution in [0.5, 0.6) is 0 Å². The van der Waals surface area contributed by atoms with Crippen LogP contribution >= 0.6 is 0 Å². The highest BCUT2D eigenvalue weighted by atomic mass is 19.4. The molecule has 0 unspecified atom stereocenters. The Morgan fingerprint density at radius 3 is 2.17 bits per heavy atom. The van der Waals surface area contributed by atoms with E-state index in [0.717, 1.165) is 19.3 Å². The third-order valence-electron chi connectivity index (χ3n) is 2.77. The molecule has 0 aromatic carbocycles. The summed E-state index contributed by atoms with van der Waals surface area (Å²) in [6.07, 6.45) is -1.17. The average Bonchev–Trinajstić information content (AvgIpc) is 2.22. The number of rotatable bonds is 8. The van der Waals surface area contributed by atoms with Gasteiger partial charge in [0.05, 0.1) is 18.0 Å². The number of nitrogens with zero attached hydrogens (tertiary/aromatic N) is 2. The third-order valence-corrected chi connectivity index (χ3v) is 2.77. The van der Waals surface area contributed by atoms with E-state index in [1.807, 2.05) is 20.8 Å². The number of nitriles is 1. The summed E-state index contributed by atoms with van der Waals surface area (Å²) in [5.74, 6) is 0. The second-order valence-corrected chi connectivity index (χ2v) is 5.34. The zero-order valence-corrected chi connectivity index (χ0v) is 11.5. The summed E-state index contributed by atoms with van der Waals surface area (Å²) in [6.45, 7) is 5.68. The zero-order chi connectivity index (χ0) is 14.2. The number of halogens is 3. The lowest BCUT2D eigenvalue weighted by atomic mass is 9.89. The molecular formula is C13H23F3N2. The first-order valence-corrected chi connectivity index (χ1v) is 6.40. The minimum atomic E-state index is -4.12. The van der Waals surface area contributed by atoms with Gasteiger partial charge in [0.2, 0.25) is 0 Å². The molecule has 0 fully saturated rings. The highest BCUT2D eigenvalue weighted by Crippen LogP contribution is 2.22. The lowest BCUT2D eigenvalue weighted by Gasteiger charge is -2.23. The molecule has 0 bridgehead atoms. The van der Waals surface area contributed by atoms with E-state index < -0.39 is 12.7 Å². The maximum atomic E-state index is 12.3. The molecule has 0 saturated heterocycles. The van der Waals surface area contributed by atoms with Gasteiger partial charge in [-0.2, -0.15) is 18.4 Å². The first kappa shape index (κ1) is 17.2. The van der Waals surface area contributed by atoms with Crippen LogP contribution in [0.2, 0.25) is 0 Å². The van der Waals surface area contributed by atoms with E-state index in [-0.39, 0.29) is 5.41 Å². The second kappa shape index (κ2) is 7.63. The summed E-state index contributed by atoms with van der Waals surface area (Å²) in [7, 11) is 0. The quantitative estimate of drug-likeness (QED) is 0.620. The Bertz CT molecular complexity index is 266. The highest BCUT2D eigenvalue weighted by Gasteiger charge is 2.30. The van der Waals surface area contributed by atoms with Gasteiger partial charge < -0.3 is 0 Å². The van der Waals surface area contributed by atoms with Gasteiger partial charge in [-0.1, -0.05) is 13.3 Å². The number of unbranched alkanes of at least 4 members (excludes halogenated alkanes) is 1. The van der Waals surface area contributed by atoms with Gasteiger partial charge in [0.15, 0.2) is 0 Å². The van der Waals surface area contributed by atoms with Crippen LogP contribution in [0.3, 0.4) is 0 Å². The Kier molecular flexibility index (Phi) is 7.30. The number of alkyl halides is 3. The summed E-state index contributed by atoms with van der Waals surface area (Å²) in [4.78, 5) is 1.44. The van der Waals surface area contributed by atoms with E-state index in [0.29, 0.717) is 19.5 Å². The van der Waals surface area contributed by atoms with Gasteiger partial charge in [-0.05, 0) is 46.2 Å². The molecule has 0 spiro atoms. The van der Waals surface area contributed by atoms with Crippen molar-refractivity contribution >= 4 is 0 Å². The number of hydrogen-bond donors (Lipinski definition) is 0. The molecule has 0 N–H and O–H groups in total. The van der Waals surface area contributed by atoms with Crippen LogP contribution in [-0.4, -0.2) is 30.7 Å². The van der Waals surface area contributed by atoms with Crippen molar-refractivity contribution in [2.75, 3.05) is 19.6 Å². The Balaban J connectivity index is 3.95. The standard InChI is InChI=1S/C13H23F3N2/c1-4-8-18(11-13(14,15)16)9-6-5-7-12(2,3)10-17/h4-9,11H2,1-3H3. The molecule has 0 radical (unpaired) electrons. The molecule has 0 aliphatic carbocycles. The minimum absolute atomic E-state index is 0.375. The normalized spacial score (nSPS) is 12.8. The Hall–Kier alpha value is -0.760. The second-order valence-electron chi connectivity index (χ2n) is 5.34. The van der Waals surface area contributed by atoms with Gasteiger partial charge in [0, 0.05) is 0 Å². The van der Waals surface area contributed by atoms with Crippen LogP contribution in [0.25, 0.3) is 0 Å². The Morgan fingerprint density at radius 2 is 1.72 bits per heavy atom. The van der Waals surface area contributed by atoms with Gasteiger partial charge in [-0.25, -0.2) is 0 Å². The van der Waals surface area contributed by atoms with Crippen molar-refractivity contribution in [3.8, 4) is 6.07 Å². The fourth-order valence-electron chi connectivity index (χ4n) is 1.80. The van der Waals surface area contributed by atoms with E-state index in [9.17, 15) is 13.2 Å². The van der Waals surface area contributed by atoms with Crippen molar-refractivity contribution in [2.24, 2.45) is 5.41 Å². The predicted molar refractivity (Wildman–Crippen MR) is 66.0 cm³/mol. The largest absolute Gasteiger partial charge is 0.401 e. The molecule has 5 heteroatoms. The first-order valence-electron chi connectivity index (χ1n) is 6.40. The summed E-state index contributed by atoms with van der Waals surface area (Å²) in [5.41, 5.74) is -0.375. The van der Waals surface area contributed by atoms with E-state index >= 15 is 0 Å². The Labute approximate surface area is 108 Å². The smallest absolute Gasteiger partial charge is 0.295 e. The maximum absolute atomic E-state index is 12.3.